The number of nitrogens with zero attached hydrogens (tertiary/aromatic N) is 1. The molecular formula is C30H22N2. The standard InChI is InChI=1S/C30H22N2/c1-2-8-22(9-3-1)32-29-13-7-5-11-24(29)26-19-21(15-17-30(26)32)20-14-16-28-25(18-20)23-10-4-6-12-27(23)31-28/h1-11,13-19,27,31H,12H2. The number of aromatic nitrogens is 1. The smallest absolute Gasteiger partial charge is 0.0555 e. The zero-order chi connectivity index (χ0) is 21.1. The summed E-state index contributed by atoms with van der Waals surface area (Å²) in [7, 11) is 0. The highest BCUT2D eigenvalue weighted by Crippen LogP contribution is 2.41. The van der Waals surface area contributed by atoms with Crippen LogP contribution in [-0.2, 0) is 0 Å². The van der Waals surface area contributed by atoms with Crippen molar-refractivity contribution in [2.75, 3.05) is 5.32 Å². The molecule has 4 aromatic carbocycles. The molecule has 1 aromatic heterocycles. The first-order valence-corrected chi connectivity index (χ1v) is 11.2. The summed E-state index contributed by atoms with van der Waals surface area (Å²) in [5.74, 6) is 0. The molecule has 1 aliphatic carbocycles. The number of rotatable bonds is 2. The predicted molar refractivity (Wildman–Crippen MR) is 135 cm³/mol. The minimum Gasteiger partial charge on any atom is -0.377 e. The van der Waals surface area contributed by atoms with Crippen molar-refractivity contribution in [2.45, 2.75) is 12.5 Å². The molecule has 0 saturated carbocycles. The number of allylic oxidation sites excluding steroid dienone is 2. The molecule has 0 bridgehead atoms. The van der Waals surface area contributed by atoms with Crippen molar-refractivity contribution in [3.8, 4) is 16.8 Å². The van der Waals surface area contributed by atoms with E-state index in [1.54, 1.807) is 0 Å². The number of benzene rings is 4. The lowest BCUT2D eigenvalue weighted by atomic mass is 9.93. The van der Waals surface area contributed by atoms with Crippen LogP contribution in [-0.4, -0.2) is 10.6 Å². The van der Waals surface area contributed by atoms with Gasteiger partial charge in [0.15, 0.2) is 0 Å². The lowest BCUT2D eigenvalue weighted by molar-refractivity contribution is 0.928. The summed E-state index contributed by atoms with van der Waals surface area (Å²) in [6, 6.07) is 33.5. The van der Waals surface area contributed by atoms with Crippen molar-refractivity contribution in [1.29, 1.82) is 0 Å². The Balaban J connectivity index is 1.43. The van der Waals surface area contributed by atoms with Crippen LogP contribution >= 0.6 is 0 Å². The Hall–Kier alpha value is -4.04. The predicted octanol–water partition coefficient (Wildman–Crippen LogP) is 7.59. The lowest BCUT2D eigenvalue weighted by Crippen LogP contribution is -2.14. The maximum absolute atomic E-state index is 3.67. The highest BCUT2D eigenvalue weighted by molar-refractivity contribution is 6.10. The first kappa shape index (κ1) is 17.6. The second-order valence-electron chi connectivity index (χ2n) is 8.66. The molecule has 5 aromatic rings. The number of hydrogen-bond donors (Lipinski definition) is 1. The third-order valence-electron chi connectivity index (χ3n) is 6.84. The molecule has 1 N–H and O–H groups in total. The fraction of sp³-hybridized carbons (Fsp3) is 0.0667. The summed E-state index contributed by atoms with van der Waals surface area (Å²) in [4.78, 5) is 0. The zero-order valence-corrected chi connectivity index (χ0v) is 17.6. The zero-order valence-electron chi connectivity index (χ0n) is 17.6. The first-order chi connectivity index (χ1) is 15.9. The monoisotopic (exact) mass is 410 g/mol. The van der Waals surface area contributed by atoms with Crippen molar-refractivity contribution >= 4 is 33.1 Å². The molecule has 0 spiro atoms. The van der Waals surface area contributed by atoms with Gasteiger partial charge in [-0.3, -0.25) is 0 Å². The van der Waals surface area contributed by atoms with Crippen molar-refractivity contribution in [1.82, 2.24) is 4.57 Å². The second-order valence-corrected chi connectivity index (χ2v) is 8.66. The lowest BCUT2D eigenvalue weighted by Gasteiger charge is -2.13. The maximum atomic E-state index is 3.67. The Morgan fingerprint density at radius 1 is 0.719 bits per heavy atom. The molecule has 0 saturated heterocycles. The van der Waals surface area contributed by atoms with Gasteiger partial charge < -0.3 is 9.88 Å². The van der Waals surface area contributed by atoms with Crippen molar-refractivity contribution in [3.05, 3.63) is 115 Å². The quantitative estimate of drug-likeness (QED) is 0.317. The van der Waals surface area contributed by atoms with Gasteiger partial charge in [-0.15, -0.1) is 0 Å². The summed E-state index contributed by atoms with van der Waals surface area (Å²) in [6.45, 7) is 0. The SMILES string of the molecule is C1=CCC2Nc3ccc(-c4ccc5c(c4)c4ccccc4n5-c4ccccc4)cc3C2=C1. The Labute approximate surface area is 187 Å². The minimum atomic E-state index is 0.413. The van der Waals surface area contributed by atoms with Crippen LogP contribution in [0.15, 0.2) is 109 Å². The van der Waals surface area contributed by atoms with E-state index < -0.39 is 0 Å². The Morgan fingerprint density at radius 3 is 2.44 bits per heavy atom. The number of hydrogen-bond acceptors (Lipinski definition) is 1. The van der Waals surface area contributed by atoms with Crippen LogP contribution in [0.2, 0.25) is 0 Å². The first-order valence-electron chi connectivity index (χ1n) is 11.2. The van der Waals surface area contributed by atoms with Crippen LogP contribution in [0.25, 0.3) is 44.2 Å². The van der Waals surface area contributed by atoms with E-state index in [1.807, 2.05) is 0 Å². The Kier molecular flexibility index (Phi) is 3.71. The number of anilines is 1. The summed E-state index contributed by atoms with van der Waals surface area (Å²) < 4.78 is 2.37. The number of para-hydroxylation sites is 2. The molecule has 1 atom stereocenters. The summed E-state index contributed by atoms with van der Waals surface area (Å²) in [5, 5.41) is 6.25. The van der Waals surface area contributed by atoms with Gasteiger partial charge in [-0.05, 0) is 65.6 Å². The molecule has 1 unspecified atom stereocenters. The summed E-state index contributed by atoms with van der Waals surface area (Å²) in [5.41, 5.74) is 10.2. The molecule has 0 radical (unpaired) electrons. The second kappa shape index (κ2) is 6.73. The Morgan fingerprint density at radius 2 is 1.50 bits per heavy atom. The summed E-state index contributed by atoms with van der Waals surface area (Å²) >= 11 is 0. The maximum Gasteiger partial charge on any atom is 0.0555 e. The molecule has 2 nitrogen and oxygen atoms in total. The van der Waals surface area contributed by atoms with E-state index in [4.69, 9.17) is 0 Å². The number of nitrogens with one attached hydrogen (secondary N) is 1. The molecule has 2 heteroatoms. The van der Waals surface area contributed by atoms with Gasteiger partial charge >= 0.3 is 0 Å². The van der Waals surface area contributed by atoms with Crippen LogP contribution in [0.1, 0.15) is 12.0 Å². The largest absolute Gasteiger partial charge is 0.377 e. The fourth-order valence-corrected chi connectivity index (χ4v) is 5.33. The van der Waals surface area contributed by atoms with Crippen LogP contribution in [0.3, 0.4) is 0 Å². The van der Waals surface area contributed by atoms with Crippen LogP contribution in [0.4, 0.5) is 5.69 Å². The van der Waals surface area contributed by atoms with E-state index in [9.17, 15) is 0 Å². The molecule has 2 heterocycles. The van der Waals surface area contributed by atoms with E-state index in [1.165, 1.54) is 55.4 Å². The van der Waals surface area contributed by atoms with Gasteiger partial charge in [-0.2, -0.15) is 0 Å². The van der Waals surface area contributed by atoms with Gasteiger partial charge in [0, 0.05) is 27.7 Å². The molecule has 0 fully saturated rings. The molecule has 0 amide bonds. The molecule has 152 valence electrons. The average Bonchev–Trinajstić information content (AvgIpc) is 3.39. The van der Waals surface area contributed by atoms with Gasteiger partial charge in [-0.1, -0.05) is 66.8 Å². The third kappa shape index (κ3) is 2.53. The van der Waals surface area contributed by atoms with Gasteiger partial charge in [0.1, 0.15) is 0 Å². The van der Waals surface area contributed by atoms with E-state index >= 15 is 0 Å². The van der Waals surface area contributed by atoms with Gasteiger partial charge in [-0.25, -0.2) is 0 Å². The van der Waals surface area contributed by atoms with E-state index in [-0.39, 0.29) is 0 Å². The van der Waals surface area contributed by atoms with Crippen molar-refractivity contribution < 1.29 is 0 Å². The normalized spacial score (nSPS) is 16.6. The molecule has 7 rings (SSSR count). The van der Waals surface area contributed by atoms with E-state index in [2.05, 4.69) is 119 Å². The van der Waals surface area contributed by atoms with Crippen LogP contribution in [0.5, 0.6) is 0 Å². The third-order valence-corrected chi connectivity index (χ3v) is 6.84. The van der Waals surface area contributed by atoms with Crippen LogP contribution < -0.4 is 5.32 Å². The minimum absolute atomic E-state index is 0.413. The van der Waals surface area contributed by atoms with Gasteiger partial charge in [0.25, 0.3) is 0 Å². The van der Waals surface area contributed by atoms with Gasteiger partial charge in [0.05, 0.1) is 17.1 Å². The number of fused-ring (bicyclic) bond motifs is 6. The Bertz CT molecular complexity index is 1570. The molecule has 2 aliphatic rings. The van der Waals surface area contributed by atoms with E-state index in [0.717, 1.165) is 6.42 Å². The summed E-state index contributed by atoms with van der Waals surface area (Å²) in [6.07, 6.45) is 7.73. The highest BCUT2D eigenvalue weighted by atomic mass is 15.0. The fourth-order valence-electron chi connectivity index (χ4n) is 5.33. The van der Waals surface area contributed by atoms with E-state index in [0.29, 0.717) is 6.04 Å². The van der Waals surface area contributed by atoms with Crippen LogP contribution in [0, 0.1) is 0 Å². The van der Waals surface area contributed by atoms with Crippen molar-refractivity contribution in [3.63, 3.8) is 0 Å². The molecule has 1 aliphatic heterocycles. The molecular weight excluding hydrogens is 388 g/mol. The average molecular weight is 411 g/mol. The highest BCUT2D eigenvalue weighted by Gasteiger charge is 2.26. The molecule has 32 heavy (non-hydrogen) atoms. The van der Waals surface area contributed by atoms with Gasteiger partial charge in [0.2, 0.25) is 0 Å². The topological polar surface area (TPSA) is 17.0 Å². The van der Waals surface area contributed by atoms with Crippen molar-refractivity contribution in [2.24, 2.45) is 0 Å².